The van der Waals surface area contributed by atoms with Gasteiger partial charge in [0.2, 0.25) is 0 Å². The molecule has 4 nitrogen and oxygen atoms in total. The normalized spacial score (nSPS) is 10.9. The van der Waals surface area contributed by atoms with Crippen LogP contribution in [0.1, 0.15) is 45.2 Å². The quantitative estimate of drug-likeness (QED) is 0.300. The predicted octanol–water partition coefficient (Wildman–Crippen LogP) is 3.47. The van der Waals surface area contributed by atoms with E-state index in [0.29, 0.717) is 11.7 Å². The van der Waals surface area contributed by atoms with Crippen molar-refractivity contribution in [2.75, 3.05) is 13.1 Å². The Morgan fingerprint density at radius 3 is 2.71 bits per heavy atom. The molecule has 120 valence electrons. The number of unbranched alkanes of at least 4 members (excludes halogenated alkanes) is 3. The molecule has 2 N–H and O–H groups in total. The average molecular weight is 408 g/mol. The van der Waals surface area contributed by atoms with Crippen LogP contribution in [0, 0.1) is 5.82 Å². The number of hydrogen-bond donors (Lipinski definition) is 2. The van der Waals surface area contributed by atoms with E-state index in [1.807, 2.05) is 6.92 Å². The van der Waals surface area contributed by atoms with Crippen LogP contribution in [0.5, 0.6) is 0 Å². The monoisotopic (exact) mass is 408 g/mol. The summed E-state index contributed by atoms with van der Waals surface area (Å²) in [5.41, 5.74) is 0.371. The number of pyridine rings is 1. The van der Waals surface area contributed by atoms with Gasteiger partial charge in [0, 0.05) is 19.3 Å². The van der Waals surface area contributed by atoms with Crippen LogP contribution in [0.4, 0.5) is 4.39 Å². The molecule has 0 atom stereocenters. The van der Waals surface area contributed by atoms with Crippen molar-refractivity contribution in [2.24, 2.45) is 4.99 Å². The molecule has 6 heteroatoms. The molecule has 1 heterocycles. The highest BCUT2D eigenvalue weighted by Gasteiger charge is 2.02. The van der Waals surface area contributed by atoms with Crippen molar-refractivity contribution < 1.29 is 4.39 Å². The van der Waals surface area contributed by atoms with Gasteiger partial charge in [-0.15, -0.1) is 24.0 Å². The van der Waals surface area contributed by atoms with E-state index in [4.69, 9.17) is 0 Å². The van der Waals surface area contributed by atoms with Crippen molar-refractivity contribution in [2.45, 2.75) is 46.1 Å². The third-order valence-electron chi connectivity index (χ3n) is 2.89. The summed E-state index contributed by atoms with van der Waals surface area (Å²) >= 11 is 0. The number of aromatic nitrogens is 1. The largest absolute Gasteiger partial charge is 0.357 e. The number of halogens is 2. The zero-order valence-corrected chi connectivity index (χ0v) is 15.2. The highest BCUT2D eigenvalue weighted by Crippen LogP contribution is 2.03. The molecule has 0 spiro atoms. The molecule has 0 unspecified atom stereocenters. The van der Waals surface area contributed by atoms with Gasteiger partial charge in [0.15, 0.2) is 5.96 Å². The topological polar surface area (TPSA) is 49.3 Å². The predicted molar refractivity (Wildman–Crippen MR) is 96.6 cm³/mol. The molecular weight excluding hydrogens is 382 g/mol. The molecule has 0 aliphatic heterocycles. The van der Waals surface area contributed by atoms with E-state index in [1.165, 1.54) is 25.3 Å². The molecule has 1 rings (SSSR count). The third-order valence-corrected chi connectivity index (χ3v) is 2.89. The minimum atomic E-state index is -0.310. The Labute approximate surface area is 144 Å². The highest BCUT2D eigenvalue weighted by atomic mass is 127. The van der Waals surface area contributed by atoms with Crippen LogP contribution in [-0.4, -0.2) is 24.0 Å². The second-order valence-corrected chi connectivity index (χ2v) is 4.61. The molecule has 0 amide bonds. The van der Waals surface area contributed by atoms with Crippen LogP contribution in [0.15, 0.2) is 23.3 Å². The van der Waals surface area contributed by atoms with Crippen molar-refractivity contribution in [1.82, 2.24) is 15.6 Å². The number of hydrogen-bond acceptors (Lipinski definition) is 2. The Balaban J connectivity index is 0.00000400. The van der Waals surface area contributed by atoms with Gasteiger partial charge < -0.3 is 10.6 Å². The van der Waals surface area contributed by atoms with E-state index in [0.717, 1.165) is 19.5 Å². The summed E-state index contributed by atoms with van der Waals surface area (Å²) in [7, 11) is 0. The van der Waals surface area contributed by atoms with Crippen molar-refractivity contribution in [3.05, 3.63) is 29.8 Å². The van der Waals surface area contributed by atoms with E-state index in [2.05, 4.69) is 27.5 Å². The van der Waals surface area contributed by atoms with Gasteiger partial charge in [-0.2, -0.15) is 0 Å². The molecule has 21 heavy (non-hydrogen) atoms. The minimum absolute atomic E-state index is 0. The van der Waals surface area contributed by atoms with Crippen LogP contribution in [-0.2, 0) is 6.54 Å². The zero-order chi connectivity index (χ0) is 14.6. The number of rotatable bonds is 8. The summed E-state index contributed by atoms with van der Waals surface area (Å²) in [6.07, 6.45) is 6.41. The lowest BCUT2D eigenvalue weighted by Gasteiger charge is -2.11. The van der Waals surface area contributed by atoms with E-state index < -0.39 is 0 Å². The summed E-state index contributed by atoms with van der Waals surface area (Å²) in [4.78, 5) is 8.35. The molecule has 0 bridgehead atoms. The lowest BCUT2D eigenvalue weighted by Crippen LogP contribution is -2.37. The second kappa shape index (κ2) is 12.8. The van der Waals surface area contributed by atoms with Gasteiger partial charge in [-0.05, 0) is 25.5 Å². The Morgan fingerprint density at radius 2 is 2.05 bits per heavy atom. The average Bonchev–Trinajstić information content (AvgIpc) is 2.46. The summed E-state index contributed by atoms with van der Waals surface area (Å²) in [5.74, 6) is 0.407. The summed E-state index contributed by atoms with van der Waals surface area (Å²) in [5, 5.41) is 6.41. The van der Waals surface area contributed by atoms with Crippen LogP contribution < -0.4 is 10.6 Å². The Morgan fingerprint density at radius 1 is 1.24 bits per heavy atom. The molecule has 0 fully saturated rings. The number of nitrogens with one attached hydrogen (secondary N) is 2. The molecule has 0 aliphatic rings. The standard InChI is InChI=1S/C15H25FN4.HI/c1-3-5-6-7-10-19-15(17-4-2)20-12-14-13(16)9-8-11-18-14;/h8-9,11H,3-7,10,12H2,1-2H3,(H2,17,19,20);1H. The molecule has 0 saturated heterocycles. The maximum atomic E-state index is 13.4. The van der Waals surface area contributed by atoms with E-state index in [9.17, 15) is 4.39 Å². The number of aliphatic imine (C=N–C) groups is 1. The maximum absolute atomic E-state index is 13.4. The molecule has 0 saturated carbocycles. The first kappa shape index (κ1) is 20.1. The van der Waals surface area contributed by atoms with Gasteiger partial charge in [-0.3, -0.25) is 4.98 Å². The Hall–Kier alpha value is -0.920. The van der Waals surface area contributed by atoms with Crippen LogP contribution in [0.25, 0.3) is 0 Å². The van der Waals surface area contributed by atoms with Crippen LogP contribution in [0.2, 0.25) is 0 Å². The van der Waals surface area contributed by atoms with Gasteiger partial charge in [-0.25, -0.2) is 9.38 Å². The van der Waals surface area contributed by atoms with Gasteiger partial charge in [0.25, 0.3) is 0 Å². The van der Waals surface area contributed by atoms with Crippen molar-refractivity contribution >= 4 is 29.9 Å². The third kappa shape index (κ3) is 8.85. The van der Waals surface area contributed by atoms with E-state index in [1.54, 1.807) is 12.3 Å². The van der Waals surface area contributed by atoms with E-state index >= 15 is 0 Å². The fraction of sp³-hybridized carbons (Fsp3) is 0.600. The lowest BCUT2D eigenvalue weighted by molar-refractivity contribution is 0.599. The fourth-order valence-corrected chi connectivity index (χ4v) is 1.79. The molecule has 0 aromatic carbocycles. The lowest BCUT2D eigenvalue weighted by atomic mass is 10.2. The molecule has 1 aromatic heterocycles. The van der Waals surface area contributed by atoms with Crippen LogP contribution in [0.3, 0.4) is 0 Å². The number of nitrogens with zero attached hydrogens (tertiary/aromatic N) is 2. The maximum Gasteiger partial charge on any atom is 0.191 e. The minimum Gasteiger partial charge on any atom is -0.357 e. The second-order valence-electron chi connectivity index (χ2n) is 4.61. The summed E-state index contributed by atoms with van der Waals surface area (Å²) in [6.45, 7) is 6.12. The molecular formula is C15H26FIN4. The van der Waals surface area contributed by atoms with Crippen molar-refractivity contribution in [3.63, 3.8) is 0 Å². The van der Waals surface area contributed by atoms with Gasteiger partial charge in [0.05, 0.1) is 12.2 Å². The highest BCUT2D eigenvalue weighted by molar-refractivity contribution is 14.0. The van der Waals surface area contributed by atoms with Crippen molar-refractivity contribution in [3.8, 4) is 0 Å². The molecule has 1 aromatic rings. The van der Waals surface area contributed by atoms with E-state index in [-0.39, 0.29) is 36.3 Å². The first-order chi connectivity index (χ1) is 9.77. The Bertz CT molecular complexity index is 412. The summed E-state index contributed by atoms with van der Waals surface area (Å²) in [6, 6.07) is 2.99. The Kier molecular flexibility index (Phi) is 12.2. The summed E-state index contributed by atoms with van der Waals surface area (Å²) < 4.78 is 13.4. The zero-order valence-electron chi connectivity index (χ0n) is 12.9. The number of guanidine groups is 1. The fourth-order valence-electron chi connectivity index (χ4n) is 1.79. The molecule has 0 aliphatic carbocycles. The smallest absolute Gasteiger partial charge is 0.191 e. The SMILES string of the molecule is CCCCCCNC(=NCc1ncccc1F)NCC.I. The van der Waals surface area contributed by atoms with Gasteiger partial charge in [0.1, 0.15) is 5.82 Å². The van der Waals surface area contributed by atoms with Gasteiger partial charge >= 0.3 is 0 Å². The van der Waals surface area contributed by atoms with Gasteiger partial charge in [-0.1, -0.05) is 26.2 Å². The first-order valence-corrected chi connectivity index (χ1v) is 7.39. The molecule has 0 radical (unpaired) electrons. The van der Waals surface area contributed by atoms with Crippen LogP contribution >= 0.6 is 24.0 Å². The first-order valence-electron chi connectivity index (χ1n) is 7.39. The van der Waals surface area contributed by atoms with Crippen molar-refractivity contribution in [1.29, 1.82) is 0 Å².